The van der Waals surface area contributed by atoms with Crippen LogP contribution >= 0.6 is 11.6 Å². The lowest BCUT2D eigenvalue weighted by molar-refractivity contribution is -0.125. The van der Waals surface area contributed by atoms with Crippen molar-refractivity contribution in [3.8, 4) is 17.2 Å². The zero-order valence-electron chi connectivity index (χ0n) is 18.0. The largest absolute Gasteiger partial charge is 0.456 e. The number of nitrogens with zero attached hydrogens (tertiary/aromatic N) is 4. The van der Waals surface area contributed by atoms with E-state index in [0.29, 0.717) is 47.7 Å². The molecule has 4 aromatic rings. The van der Waals surface area contributed by atoms with Crippen LogP contribution in [0.2, 0.25) is 5.02 Å². The molecule has 0 aliphatic carbocycles. The van der Waals surface area contributed by atoms with E-state index in [0.717, 1.165) is 0 Å². The van der Waals surface area contributed by atoms with E-state index in [-0.39, 0.29) is 22.7 Å². The SMILES string of the molecule is C=CC(=O)N1CC[C@@H](n2c(=O)n(-c3ccc(Oc4cccc(F)c4)c(Cl)c3)c3cnccc32)C1. The van der Waals surface area contributed by atoms with E-state index in [2.05, 4.69) is 11.6 Å². The Morgan fingerprint density at radius 3 is 2.82 bits per heavy atom. The van der Waals surface area contributed by atoms with Crippen molar-refractivity contribution in [2.75, 3.05) is 13.1 Å². The van der Waals surface area contributed by atoms with Gasteiger partial charge < -0.3 is 9.64 Å². The number of aromatic nitrogens is 3. The van der Waals surface area contributed by atoms with Crippen molar-refractivity contribution in [2.24, 2.45) is 0 Å². The molecule has 7 nitrogen and oxygen atoms in total. The molecular weight excluding hydrogens is 459 g/mol. The molecule has 0 unspecified atom stereocenters. The minimum atomic E-state index is -0.419. The molecule has 1 atom stereocenters. The minimum Gasteiger partial charge on any atom is -0.456 e. The Morgan fingerprint density at radius 2 is 2.06 bits per heavy atom. The molecule has 172 valence electrons. The molecule has 0 spiro atoms. The highest BCUT2D eigenvalue weighted by atomic mass is 35.5. The van der Waals surface area contributed by atoms with Gasteiger partial charge in [-0.2, -0.15) is 0 Å². The van der Waals surface area contributed by atoms with Crippen LogP contribution < -0.4 is 10.4 Å². The zero-order chi connectivity index (χ0) is 23.8. The molecule has 9 heteroatoms. The lowest BCUT2D eigenvalue weighted by Gasteiger charge is -2.15. The first-order chi connectivity index (χ1) is 16.5. The molecule has 0 N–H and O–H groups in total. The zero-order valence-corrected chi connectivity index (χ0v) is 18.8. The van der Waals surface area contributed by atoms with Gasteiger partial charge in [0.15, 0.2) is 0 Å². The van der Waals surface area contributed by atoms with Crippen LogP contribution in [0.1, 0.15) is 12.5 Å². The van der Waals surface area contributed by atoms with Gasteiger partial charge >= 0.3 is 5.69 Å². The summed E-state index contributed by atoms with van der Waals surface area (Å²) in [6.45, 7) is 4.52. The van der Waals surface area contributed by atoms with E-state index in [1.54, 1.807) is 58.3 Å². The van der Waals surface area contributed by atoms with Crippen LogP contribution in [0.5, 0.6) is 11.5 Å². The maximum Gasteiger partial charge on any atom is 0.334 e. The number of hydrogen-bond acceptors (Lipinski definition) is 4. The summed E-state index contributed by atoms with van der Waals surface area (Å²) in [4.78, 5) is 31.5. The van der Waals surface area contributed by atoms with Crippen molar-refractivity contribution in [1.82, 2.24) is 19.0 Å². The van der Waals surface area contributed by atoms with Gasteiger partial charge in [-0.15, -0.1) is 0 Å². The number of hydrogen-bond donors (Lipinski definition) is 0. The standard InChI is InChI=1S/C25H20ClFN4O3/c1-2-24(32)29-11-9-18(15-29)31-21-8-10-28-14-22(21)30(25(31)33)17-6-7-23(20(26)13-17)34-19-5-3-4-16(27)12-19/h2-8,10,12-14,18H,1,9,11,15H2/t18-/m1/s1. The number of likely N-dealkylation sites (tertiary alicyclic amines) is 1. The highest BCUT2D eigenvalue weighted by Gasteiger charge is 2.30. The van der Waals surface area contributed by atoms with Crippen LogP contribution in [-0.4, -0.2) is 38.0 Å². The number of fused-ring (bicyclic) bond motifs is 1. The number of carbonyl (C=O) groups is 1. The van der Waals surface area contributed by atoms with Gasteiger partial charge in [0.05, 0.1) is 34.0 Å². The fourth-order valence-corrected chi connectivity index (χ4v) is 4.54. The first kappa shape index (κ1) is 21.9. The molecule has 1 amide bonds. The molecule has 2 aromatic carbocycles. The molecule has 3 heterocycles. The number of carbonyl (C=O) groups excluding carboxylic acids is 1. The van der Waals surface area contributed by atoms with Crippen LogP contribution in [0, 0.1) is 5.82 Å². The number of amides is 1. The Balaban J connectivity index is 1.54. The average molecular weight is 479 g/mol. The topological polar surface area (TPSA) is 69.4 Å². The van der Waals surface area contributed by atoms with Gasteiger partial charge in [0, 0.05) is 25.4 Å². The van der Waals surface area contributed by atoms with Crippen LogP contribution in [0.3, 0.4) is 0 Å². The number of benzene rings is 2. The van der Waals surface area contributed by atoms with Gasteiger partial charge in [0.25, 0.3) is 0 Å². The van der Waals surface area contributed by atoms with E-state index in [9.17, 15) is 14.0 Å². The van der Waals surface area contributed by atoms with Gasteiger partial charge in [0.1, 0.15) is 17.3 Å². The van der Waals surface area contributed by atoms with Gasteiger partial charge in [-0.3, -0.25) is 18.9 Å². The summed E-state index contributed by atoms with van der Waals surface area (Å²) < 4.78 is 22.4. The van der Waals surface area contributed by atoms with E-state index in [4.69, 9.17) is 16.3 Å². The quantitative estimate of drug-likeness (QED) is 0.389. The Hall–Kier alpha value is -3.91. The van der Waals surface area contributed by atoms with Crippen molar-refractivity contribution in [3.63, 3.8) is 0 Å². The highest BCUT2D eigenvalue weighted by molar-refractivity contribution is 6.32. The molecule has 1 aliphatic heterocycles. The smallest absolute Gasteiger partial charge is 0.334 e. The normalized spacial score (nSPS) is 15.6. The number of pyridine rings is 1. The molecule has 5 rings (SSSR count). The average Bonchev–Trinajstić information content (AvgIpc) is 3.42. The third kappa shape index (κ3) is 3.86. The molecule has 1 saturated heterocycles. The highest BCUT2D eigenvalue weighted by Crippen LogP contribution is 2.33. The molecular formula is C25H20ClFN4O3. The molecule has 1 fully saturated rings. The van der Waals surface area contributed by atoms with Crippen molar-refractivity contribution < 1.29 is 13.9 Å². The fraction of sp³-hybridized carbons (Fsp3) is 0.160. The van der Waals surface area contributed by atoms with E-state index < -0.39 is 5.82 Å². The Morgan fingerprint density at radius 1 is 1.21 bits per heavy atom. The predicted molar refractivity (Wildman–Crippen MR) is 127 cm³/mol. The summed E-state index contributed by atoms with van der Waals surface area (Å²) in [5.41, 5.74) is 1.62. The first-order valence-corrected chi connectivity index (χ1v) is 11.1. The van der Waals surface area contributed by atoms with Crippen LogP contribution in [-0.2, 0) is 4.79 Å². The van der Waals surface area contributed by atoms with E-state index in [1.165, 1.54) is 22.8 Å². The second-order valence-corrected chi connectivity index (χ2v) is 8.36. The molecule has 0 saturated carbocycles. The lowest BCUT2D eigenvalue weighted by Crippen LogP contribution is -2.31. The Bertz CT molecular complexity index is 1480. The van der Waals surface area contributed by atoms with Crippen LogP contribution in [0.4, 0.5) is 4.39 Å². The molecule has 0 radical (unpaired) electrons. The Kier molecular flexibility index (Phi) is 5.67. The molecule has 1 aliphatic rings. The summed E-state index contributed by atoms with van der Waals surface area (Å²) in [6, 6.07) is 12.3. The van der Waals surface area contributed by atoms with E-state index in [1.807, 2.05) is 0 Å². The number of imidazole rings is 1. The van der Waals surface area contributed by atoms with Crippen molar-refractivity contribution in [1.29, 1.82) is 0 Å². The van der Waals surface area contributed by atoms with Crippen LogP contribution in [0.15, 0.2) is 78.4 Å². The first-order valence-electron chi connectivity index (χ1n) is 10.7. The predicted octanol–water partition coefficient (Wildman–Crippen LogP) is 4.73. The van der Waals surface area contributed by atoms with Crippen molar-refractivity contribution in [3.05, 3.63) is 94.9 Å². The van der Waals surface area contributed by atoms with Gasteiger partial charge in [-0.05, 0) is 48.9 Å². The number of halogens is 2. The molecule has 0 bridgehead atoms. The number of ether oxygens (including phenoxy) is 1. The third-order valence-electron chi connectivity index (χ3n) is 5.89. The summed E-state index contributed by atoms with van der Waals surface area (Å²) >= 11 is 6.47. The van der Waals surface area contributed by atoms with Crippen molar-refractivity contribution >= 4 is 28.5 Å². The maximum atomic E-state index is 13.6. The second kappa shape index (κ2) is 8.79. The summed E-state index contributed by atoms with van der Waals surface area (Å²) in [6.07, 6.45) is 5.20. The maximum absolute atomic E-state index is 13.6. The molecule has 34 heavy (non-hydrogen) atoms. The molecule has 2 aromatic heterocycles. The third-order valence-corrected chi connectivity index (χ3v) is 6.18. The monoisotopic (exact) mass is 478 g/mol. The summed E-state index contributed by atoms with van der Waals surface area (Å²) in [5, 5.41) is 0.266. The fourth-order valence-electron chi connectivity index (χ4n) is 4.32. The van der Waals surface area contributed by atoms with Crippen LogP contribution in [0.25, 0.3) is 16.7 Å². The lowest BCUT2D eigenvalue weighted by atomic mass is 10.2. The summed E-state index contributed by atoms with van der Waals surface area (Å²) in [5.74, 6) is 0.0757. The minimum absolute atomic E-state index is 0.151. The Labute approximate surface area is 199 Å². The van der Waals surface area contributed by atoms with E-state index >= 15 is 0 Å². The van der Waals surface area contributed by atoms with Gasteiger partial charge in [-0.25, -0.2) is 9.18 Å². The van der Waals surface area contributed by atoms with Gasteiger partial charge in [-0.1, -0.05) is 24.2 Å². The summed E-state index contributed by atoms with van der Waals surface area (Å²) in [7, 11) is 0. The number of rotatable bonds is 5. The van der Waals surface area contributed by atoms with Gasteiger partial charge in [0.2, 0.25) is 5.91 Å². The second-order valence-electron chi connectivity index (χ2n) is 7.96. The van der Waals surface area contributed by atoms with Crippen molar-refractivity contribution in [2.45, 2.75) is 12.5 Å².